The highest BCUT2D eigenvalue weighted by Crippen LogP contribution is 2.17. The van der Waals surface area contributed by atoms with Crippen molar-refractivity contribution in [3.8, 4) is 6.07 Å². The van der Waals surface area contributed by atoms with Gasteiger partial charge in [0.25, 0.3) is 0 Å². The minimum atomic E-state index is 0.0242. The second kappa shape index (κ2) is 7.16. The number of anilines is 1. The van der Waals surface area contributed by atoms with Crippen molar-refractivity contribution in [2.24, 2.45) is 0 Å². The molecule has 1 aliphatic rings. The van der Waals surface area contributed by atoms with Crippen LogP contribution in [-0.4, -0.2) is 40.4 Å². The molecule has 0 atom stereocenters. The van der Waals surface area contributed by atoms with Gasteiger partial charge in [-0.2, -0.15) is 5.26 Å². The minimum absolute atomic E-state index is 0.0242. The van der Waals surface area contributed by atoms with Crippen LogP contribution in [0, 0.1) is 11.3 Å². The molecule has 4 rings (SSSR count). The maximum absolute atomic E-state index is 13.0. The standard InChI is InChI=1S/C20H22N6O/c1-2-9-25-17-5-3-4-6-18(17)26(20(25)27)24-12-10-23(11-13-24)19-14-16(15-21)7-8-22-19/h3-8,14H,2,9-13H2,1H3. The highest BCUT2D eigenvalue weighted by atomic mass is 16.2. The predicted molar refractivity (Wildman–Crippen MR) is 106 cm³/mol. The molecule has 3 heterocycles. The van der Waals surface area contributed by atoms with Crippen LogP contribution in [-0.2, 0) is 6.54 Å². The number of rotatable bonds is 4. The molecule has 3 aromatic rings. The van der Waals surface area contributed by atoms with Crippen molar-refractivity contribution >= 4 is 16.9 Å². The number of aryl methyl sites for hydroxylation is 1. The number of aromatic nitrogens is 3. The molecule has 0 radical (unpaired) electrons. The summed E-state index contributed by atoms with van der Waals surface area (Å²) in [6.07, 6.45) is 2.59. The van der Waals surface area contributed by atoms with E-state index in [1.807, 2.05) is 39.6 Å². The van der Waals surface area contributed by atoms with Gasteiger partial charge >= 0.3 is 5.69 Å². The van der Waals surface area contributed by atoms with Crippen LogP contribution < -0.4 is 15.6 Å². The summed E-state index contributed by atoms with van der Waals surface area (Å²) in [6.45, 7) is 5.75. The van der Waals surface area contributed by atoms with E-state index in [0.717, 1.165) is 56.0 Å². The van der Waals surface area contributed by atoms with Crippen LogP contribution >= 0.6 is 0 Å². The van der Waals surface area contributed by atoms with Gasteiger partial charge in [-0.25, -0.2) is 14.5 Å². The maximum Gasteiger partial charge on any atom is 0.347 e. The van der Waals surface area contributed by atoms with Crippen LogP contribution in [0.25, 0.3) is 11.0 Å². The summed E-state index contributed by atoms with van der Waals surface area (Å²) >= 11 is 0. The largest absolute Gasteiger partial charge is 0.353 e. The third kappa shape index (κ3) is 3.04. The van der Waals surface area contributed by atoms with Gasteiger partial charge in [0.05, 0.1) is 35.8 Å². The van der Waals surface area contributed by atoms with E-state index >= 15 is 0 Å². The zero-order chi connectivity index (χ0) is 18.8. The van der Waals surface area contributed by atoms with Crippen molar-refractivity contribution in [2.75, 3.05) is 36.1 Å². The van der Waals surface area contributed by atoms with E-state index in [2.05, 4.69) is 27.9 Å². The maximum atomic E-state index is 13.0. The summed E-state index contributed by atoms with van der Waals surface area (Å²) in [6, 6.07) is 13.7. The van der Waals surface area contributed by atoms with E-state index in [-0.39, 0.29) is 5.69 Å². The average Bonchev–Trinajstić information content (AvgIpc) is 3.00. The molecule has 0 amide bonds. The molecule has 7 nitrogen and oxygen atoms in total. The Morgan fingerprint density at radius 1 is 1.11 bits per heavy atom. The molecule has 138 valence electrons. The van der Waals surface area contributed by atoms with Gasteiger partial charge in [-0.15, -0.1) is 0 Å². The number of piperazine rings is 1. The van der Waals surface area contributed by atoms with E-state index in [1.165, 1.54) is 0 Å². The number of hydrogen-bond acceptors (Lipinski definition) is 5. The third-order valence-corrected chi connectivity index (χ3v) is 5.00. The lowest BCUT2D eigenvalue weighted by atomic mass is 10.2. The highest BCUT2D eigenvalue weighted by molar-refractivity contribution is 5.76. The summed E-state index contributed by atoms with van der Waals surface area (Å²) in [5, 5.41) is 11.2. The van der Waals surface area contributed by atoms with Gasteiger partial charge in [0.1, 0.15) is 5.82 Å². The topological polar surface area (TPSA) is 70.1 Å². The van der Waals surface area contributed by atoms with Crippen molar-refractivity contribution in [1.82, 2.24) is 14.2 Å². The van der Waals surface area contributed by atoms with Crippen LogP contribution in [0.3, 0.4) is 0 Å². The Kier molecular flexibility index (Phi) is 4.55. The molecule has 7 heteroatoms. The van der Waals surface area contributed by atoms with Crippen molar-refractivity contribution < 1.29 is 0 Å². The molecular weight excluding hydrogens is 340 g/mol. The van der Waals surface area contributed by atoms with Crippen molar-refractivity contribution in [1.29, 1.82) is 5.26 Å². The highest BCUT2D eigenvalue weighted by Gasteiger charge is 2.23. The first-order chi connectivity index (χ1) is 13.2. The third-order valence-electron chi connectivity index (χ3n) is 5.00. The summed E-state index contributed by atoms with van der Waals surface area (Å²) in [7, 11) is 0. The molecule has 1 aliphatic heterocycles. The fourth-order valence-electron chi connectivity index (χ4n) is 3.69. The summed E-state index contributed by atoms with van der Waals surface area (Å²) in [5.41, 5.74) is 2.57. The van der Waals surface area contributed by atoms with E-state index < -0.39 is 0 Å². The quantitative estimate of drug-likeness (QED) is 0.709. The zero-order valence-electron chi connectivity index (χ0n) is 15.4. The van der Waals surface area contributed by atoms with Gasteiger partial charge in [-0.3, -0.25) is 4.57 Å². The Balaban J connectivity index is 1.61. The molecule has 0 aliphatic carbocycles. The second-order valence-electron chi connectivity index (χ2n) is 6.69. The lowest BCUT2D eigenvalue weighted by Crippen LogP contribution is -2.54. The van der Waals surface area contributed by atoms with E-state index in [9.17, 15) is 4.79 Å². The van der Waals surface area contributed by atoms with Gasteiger partial charge in [0, 0.05) is 25.8 Å². The number of pyridine rings is 1. The van der Waals surface area contributed by atoms with Gasteiger partial charge in [0.2, 0.25) is 0 Å². The SMILES string of the molecule is CCCn1c(=O)n(N2CCN(c3cc(C#N)ccn3)CC2)c2ccccc21. The normalized spacial score (nSPS) is 14.5. The molecule has 0 bridgehead atoms. The Labute approximate surface area is 157 Å². The van der Waals surface area contributed by atoms with Crippen molar-refractivity contribution in [3.05, 3.63) is 58.6 Å². The Bertz CT molecular complexity index is 1050. The summed E-state index contributed by atoms with van der Waals surface area (Å²) < 4.78 is 3.68. The number of imidazole rings is 1. The minimum Gasteiger partial charge on any atom is -0.353 e. The lowest BCUT2D eigenvalue weighted by Gasteiger charge is -2.36. The van der Waals surface area contributed by atoms with Crippen LogP contribution in [0.4, 0.5) is 5.82 Å². The number of fused-ring (bicyclic) bond motifs is 1. The summed E-state index contributed by atoms with van der Waals surface area (Å²) in [5.74, 6) is 0.814. The van der Waals surface area contributed by atoms with Gasteiger partial charge in [-0.1, -0.05) is 19.1 Å². The van der Waals surface area contributed by atoms with Crippen molar-refractivity contribution in [2.45, 2.75) is 19.9 Å². The number of nitriles is 1. The van der Waals surface area contributed by atoms with Crippen LogP contribution in [0.1, 0.15) is 18.9 Å². The fraction of sp³-hybridized carbons (Fsp3) is 0.350. The number of para-hydroxylation sites is 2. The van der Waals surface area contributed by atoms with Gasteiger partial charge < -0.3 is 9.91 Å². The molecule has 1 saturated heterocycles. The van der Waals surface area contributed by atoms with Crippen molar-refractivity contribution in [3.63, 3.8) is 0 Å². The molecule has 1 fully saturated rings. The Hall–Kier alpha value is -3.27. The van der Waals surface area contributed by atoms with Crippen LogP contribution in [0.5, 0.6) is 0 Å². The average molecular weight is 362 g/mol. The molecule has 27 heavy (non-hydrogen) atoms. The van der Waals surface area contributed by atoms with E-state index in [0.29, 0.717) is 5.56 Å². The molecule has 0 saturated carbocycles. The Morgan fingerprint density at radius 2 is 1.85 bits per heavy atom. The monoisotopic (exact) mass is 362 g/mol. The number of nitrogens with zero attached hydrogens (tertiary/aromatic N) is 6. The molecule has 2 aromatic heterocycles. The van der Waals surface area contributed by atoms with Gasteiger partial charge in [0.15, 0.2) is 0 Å². The Morgan fingerprint density at radius 3 is 2.56 bits per heavy atom. The fourth-order valence-corrected chi connectivity index (χ4v) is 3.69. The van der Waals surface area contributed by atoms with Gasteiger partial charge in [-0.05, 0) is 30.7 Å². The molecular formula is C20H22N6O. The van der Waals surface area contributed by atoms with Crippen LogP contribution in [0.2, 0.25) is 0 Å². The van der Waals surface area contributed by atoms with E-state index in [4.69, 9.17) is 5.26 Å². The molecule has 0 spiro atoms. The molecule has 1 aromatic carbocycles. The number of hydrogen-bond donors (Lipinski definition) is 0. The smallest absolute Gasteiger partial charge is 0.347 e. The zero-order valence-corrected chi connectivity index (χ0v) is 15.4. The molecule has 0 N–H and O–H groups in total. The molecule has 0 unspecified atom stereocenters. The van der Waals surface area contributed by atoms with Crippen LogP contribution in [0.15, 0.2) is 47.4 Å². The first kappa shape index (κ1) is 17.2. The predicted octanol–water partition coefficient (Wildman–Crippen LogP) is 1.94. The second-order valence-corrected chi connectivity index (χ2v) is 6.69. The summed E-state index contributed by atoms with van der Waals surface area (Å²) in [4.78, 5) is 19.6. The first-order valence-electron chi connectivity index (χ1n) is 9.29. The lowest BCUT2D eigenvalue weighted by molar-refractivity contribution is 0.511. The first-order valence-corrected chi connectivity index (χ1v) is 9.29. The van der Waals surface area contributed by atoms with E-state index in [1.54, 1.807) is 12.3 Å². The number of benzene rings is 1.